The zero-order valence-corrected chi connectivity index (χ0v) is 7.36. The minimum absolute atomic E-state index is 0.0987. The Morgan fingerprint density at radius 1 is 1.27 bits per heavy atom. The largest absolute Gasteiger partial charge is 0.300 e. The lowest BCUT2D eigenvalue weighted by molar-refractivity contribution is -0.120. The van der Waals surface area contributed by atoms with E-state index < -0.39 is 9.24 Å². The molecule has 6 heteroatoms. The summed E-state index contributed by atoms with van der Waals surface area (Å²) in [6.45, 7) is 0.454. The third-order valence-corrected chi connectivity index (χ3v) is 3.16. The van der Waals surface area contributed by atoms with E-state index in [1.807, 2.05) is 0 Å². The SMILES string of the molecule is O=C1CCN(S(=O)(=O)Cl)CC1. The van der Waals surface area contributed by atoms with E-state index in [4.69, 9.17) is 10.7 Å². The molecule has 1 saturated heterocycles. The van der Waals surface area contributed by atoms with Crippen LogP contribution in [0.4, 0.5) is 0 Å². The fourth-order valence-electron chi connectivity index (χ4n) is 0.954. The zero-order valence-electron chi connectivity index (χ0n) is 5.79. The number of halogens is 1. The lowest BCUT2D eigenvalue weighted by Crippen LogP contribution is -2.35. The zero-order chi connectivity index (χ0) is 8.48. The number of nitrogens with zero attached hydrogens (tertiary/aromatic N) is 1. The van der Waals surface area contributed by atoms with E-state index in [-0.39, 0.29) is 31.7 Å². The van der Waals surface area contributed by atoms with Crippen LogP contribution in [-0.2, 0) is 14.0 Å². The molecule has 1 aliphatic rings. The smallest absolute Gasteiger partial charge is 0.299 e. The molecule has 0 amide bonds. The molecule has 0 saturated carbocycles. The summed E-state index contributed by atoms with van der Waals surface area (Å²) in [5.41, 5.74) is 0. The van der Waals surface area contributed by atoms with Crippen molar-refractivity contribution < 1.29 is 13.2 Å². The van der Waals surface area contributed by atoms with Crippen LogP contribution in [0.2, 0.25) is 0 Å². The van der Waals surface area contributed by atoms with Crippen molar-refractivity contribution in [3.63, 3.8) is 0 Å². The van der Waals surface area contributed by atoms with Gasteiger partial charge in [0, 0.05) is 36.6 Å². The van der Waals surface area contributed by atoms with Crippen LogP contribution in [0.25, 0.3) is 0 Å². The summed E-state index contributed by atoms with van der Waals surface area (Å²) in [5, 5.41) is 0. The molecule has 0 atom stereocenters. The van der Waals surface area contributed by atoms with Gasteiger partial charge in [0.15, 0.2) is 0 Å². The Morgan fingerprint density at radius 3 is 2.09 bits per heavy atom. The lowest BCUT2D eigenvalue weighted by atomic mass is 10.1. The molecule has 0 unspecified atom stereocenters. The Labute approximate surface area is 69.7 Å². The molecule has 0 aromatic heterocycles. The summed E-state index contributed by atoms with van der Waals surface area (Å²) >= 11 is 0. The Hall–Kier alpha value is -0.130. The van der Waals surface area contributed by atoms with Gasteiger partial charge >= 0.3 is 0 Å². The number of rotatable bonds is 1. The van der Waals surface area contributed by atoms with Crippen molar-refractivity contribution in [1.82, 2.24) is 4.31 Å². The van der Waals surface area contributed by atoms with Gasteiger partial charge in [-0.1, -0.05) is 0 Å². The first-order chi connectivity index (χ1) is 5.00. The predicted octanol–water partition coefficient (Wildman–Crippen LogP) is 0.135. The molecule has 0 bridgehead atoms. The van der Waals surface area contributed by atoms with Crippen LogP contribution in [0.3, 0.4) is 0 Å². The molecule has 1 fully saturated rings. The Morgan fingerprint density at radius 2 is 1.73 bits per heavy atom. The third-order valence-electron chi connectivity index (χ3n) is 1.59. The number of carbonyl (C=O) groups is 1. The van der Waals surface area contributed by atoms with Crippen molar-refractivity contribution in [2.45, 2.75) is 12.8 Å². The minimum Gasteiger partial charge on any atom is -0.300 e. The van der Waals surface area contributed by atoms with Crippen molar-refractivity contribution in [2.75, 3.05) is 13.1 Å². The molecule has 0 aromatic rings. The predicted molar refractivity (Wildman–Crippen MR) is 40.6 cm³/mol. The van der Waals surface area contributed by atoms with Crippen LogP contribution < -0.4 is 0 Å². The standard InChI is InChI=1S/C5H8ClNO3S/c6-11(9,10)7-3-1-5(8)2-4-7/h1-4H2. The van der Waals surface area contributed by atoms with Gasteiger partial charge in [-0.25, -0.2) is 0 Å². The monoisotopic (exact) mass is 197 g/mol. The maximum atomic E-state index is 10.7. The first kappa shape index (κ1) is 8.96. The van der Waals surface area contributed by atoms with Crippen LogP contribution in [0, 0.1) is 0 Å². The number of ketones is 1. The fraction of sp³-hybridized carbons (Fsp3) is 0.800. The second-order valence-electron chi connectivity index (χ2n) is 2.38. The van der Waals surface area contributed by atoms with Crippen molar-refractivity contribution in [3.8, 4) is 0 Å². The molecular formula is C5H8ClNO3S. The van der Waals surface area contributed by atoms with E-state index in [0.717, 1.165) is 4.31 Å². The van der Waals surface area contributed by atoms with Crippen molar-refractivity contribution in [3.05, 3.63) is 0 Å². The van der Waals surface area contributed by atoms with Crippen LogP contribution in [0.1, 0.15) is 12.8 Å². The summed E-state index contributed by atoms with van der Waals surface area (Å²) < 4.78 is 22.5. The molecule has 0 aromatic carbocycles. The minimum atomic E-state index is -3.60. The maximum absolute atomic E-state index is 10.7. The van der Waals surface area contributed by atoms with E-state index in [0.29, 0.717) is 0 Å². The van der Waals surface area contributed by atoms with Crippen molar-refractivity contribution >= 4 is 25.7 Å². The number of hydrogen-bond acceptors (Lipinski definition) is 3. The van der Waals surface area contributed by atoms with Gasteiger partial charge in [0.1, 0.15) is 5.78 Å². The molecule has 0 N–H and O–H groups in total. The maximum Gasteiger partial charge on any atom is 0.299 e. The molecule has 0 aliphatic carbocycles. The lowest BCUT2D eigenvalue weighted by Gasteiger charge is -2.21. The number of Topliss-reactive ketones (excluding diaryl/α,β-unsaturated/α-hetero) is 1. The Bertz CT molecular complexity index is 251. The summed E-state index contributed by atoms with van der Waals surface area (Å²) in [6.07, 6.45) is 0.567. The molecule has 1 aliphatic heterocycles. The van der Waals surface area contributed by atoms with Gasteiger partial charge in [-0.3, -0.25) is 4.79 Å². The van der Waals surface area contributed by atoms with Gasteiger partial charge in [-0.15, -0.1) is 0 Å². The highest BCUT2D eigenvalue weighted by atomic mass is 35.7. The van der Waals surface area contributed by atoms with E-state index >= 15 is 0 Å². The molecule has 4 nitrogen and oxygen atoms in total. The van der Waals surface area contributed by atoms with E-state index in [2.05, 4.69) is 0 Å². The highest BCUT2D eigenvalue weighted by molar-refractivity contribution is 8.11. The second kappa shape index (κ2) is 3.08. The molecule has 0 radical (unpaired) electrons. The van der Waals surface area contributed by atoms with Crippen LogP contribution >= 0.6 is 10.7 Å². The highest BCUT2D eigenvalue weighted by Crippen LogP contribution is 2.13. The van der Waals surface area contributed by atoms with Gasteiger partial charge in [0.05, 0.1) is 0 Å². The third kappa shape index (κ3) is 2.43. The fourth-order valence-corrected chi connectivity index (χ4v) is 1.99. The summed E-state index contributed by atoms with van der Waals surface area (Å²) in [7, 11) is 1.45. The Balaban J connectivity index is 2.60. The highest BCUT2D eigenvalue weighted by Gasteiger charge is 2.24. The molecule has 1 heterocycles. The summed E-state index contributed by atoms with van der Waals surface area (Å²) in [4.78, 5) is 10.7. The van der Waals surface area contributed by atoms with Gasteiger partial charge < -0.3 is 0 Å². The van der Waals surface area contributed by atoms with Crippen molar-refractivity contribution in [2.24, 2.45) is 0 Å². The average Bonchev–Trinajstić information content (AvgIpc) is 1.86. The first-order valence-corrected chi connectivity index (χ1v) is 5.48. The van der Waals surface area contributed by atoms with Gasteiger partial charge in [-0.2, -0.15) is 12.7 Å². The summed E-state index contributed by atoms with van der Waals surface area (Å²) in [5.74, 6) is 0.0987. The first-order valence-electron chi connectivity index (χ1n) is 3.21. The molecular weight excluding hydrogens is 190 g/mol. The molecule has 64 valence electrons. The topological polar surface area (TPSA) is 54.5 Å². The normalized spacial score (nSPS) is 22.1. The van der Waals surface area contributed by atoms with Crippen LogP contribution in [0.15, 0.2) is 0 Å². The van der Waals surface area contributed by atoms with E-state index in [9.17, 15) is 13.2 Å². The number of carbonyl (C=O) groups excluding carboxylic acids is 1. The van der Waals surface area contributed by atoms with Crippen LogP contribution in [0.5, 0.6) is 0 Å². The number of hydrogen-bond donors (Lipinski definition) is 0. The van der Waals surface area contributed by atoms with Crippen LogP contribution in [-0.4, -0.2) is 31.6 Å². The van der Waals surface area contributed by atoms with Gasteiger partial charge in [0.2, 0.25) is 0 Å². The van der Waals surface area contributed by atoms with E-state index in [1.165, 1.54) is 0 Å². The average molecular weight is 198 g/mol. The van der Waals surface area contributed by atoms with Gasteiger partial charge in [-0.05, 0) is 0 Å². The van der Waals surface area contributed by atoms with Gasteiger partial charge in [0.25, 0.3) is 9.24 Å². The van der Waals surface area contributed by atoms with E-state index in [1.54, 1.807) is 0 Å². The molecule has 0 spiro atoms. The molecule has 1 rings (SSSR count). The van der Waals surface area contributed by atoms with Crippen molar-refractivity contribution in [1.29, 1.82) is 0 Å². The summed E-state index contributed by atoms with van der Waals surface area (Å²) in [6, 6.07) is 0. The quantitative estimate of drug-likeness (QED) is 0.562. The Kier molecular flexibility index (Phi) is 2.51. The molecule has 11 heavy (non-hydrogen) atoms. The second-order valence-corrected chi connectivity index (χ2v) is 4.89. The number of piperidine rings is 1.